The maximum Gasteiger partial charge on any atom is 0.304 e. The molecular formula is C33H39ClFN3O7Si. The number of halogens is 2. The van der Waals surface area contributed by atoms with Crippen molar-refractivity contribution in [2.75, 3.05) is 23.0 Å². The standard InChI is InChI=1S/C33H39ClFN3O7Si/c1-19-31(46(3,4)35)27(15-28(41)36-12-6-9-24(36)18-39)45-33(19)25-14-22(34)10-11-26(25)37(32(33)43)17-21-7-5-8-23(13-21)38-29(42)16-30(38)44-20(2)40/h5,7-8,10-11,13-14,19,24,27,30-31,39H,6,9,12,15-18H2,1-4H3/t19-,24-,27+,30?,31-,33+/m0/s1. The number of esters is 1. The molecule has 3 amide bonds. The SMILES string of the molecule is CC(=O)OC1CC(=O)N1c1cccc(CN2C(=O)[C@]3(O[C@H](CC(=O)N4CCC[C@H]4CO)[C@@H]([Si](C)(C)F)[C@@H]3C)c3cc(Cl)ccc32)c1. The first-order chi connectivity index (χ1) is 21.8. The minimum Gasteiger partial charge on any atom is -0.441 e. The minimum atomic E-state index is -3.50. The molecule has 1 unspecified atom stereocenters. The number of aliphatic hydroxyl groups excluding tert-OH is 1. The van der Waals surface area contributed by atoms with Crippen molar-refractivity contribution in [2.45, 2.75) is 88.7 Å². The molecule has 13 heteroatoms. The minimum absolute atomic E-state index is 0.0911. The molecule has 1 spiro atoms. The Labute approximate surface area is 273 Å². The van der Waals surface area contributed by atoms with Crippen LogP contribution < -0.4 is 9.80 Å². The van der Waals surface area contributed by atoms with E-state index >= 15 is 4.11 Å². The van der Waals surface area contributed by atoms with E-state index in [9.17, 15) is 24.3 Å². The van der Waals surface area contributed by atoms with Gasteiger partial charge in [-0.2, -0.15) is 0 Å². The quantitative estimate of drug-likeness (QED) is 0.188. The summed E-state index contributed by atoms with van der Waals surface area (Å²) in [6, 6.07) is 12.0. The fraction of sp³-hybridized carbons (Fsp3) is 0.515. The zero-order valence-corrected chi connectivity index (χ0v) is 28.1. The molecule has 4 aliphatic heterocycles. The van der Waals surface area contributed by atoms with Crippen LogP contribution in [0, 0.1) is 5.92 Å². The van der Waals surface area contributed by atoms with Crippen molar-refractivity contribution in [3.8, 4) is 0 Å². The van der Waals surface area contributed by atoms with Crippen LogP contribution in [0.3, 0.4) is 0 Å². The number of aliphatic hydroxyl groups is 1. The lowest BCUT2D eigenvalue weighted by Crippen LogP contribution is -2.54. The number of ether oxygens (including phenoxy) is 2. The largest absolute Gasteiger partial charge is 0.441 e. The van der Waals surface area contributed by atoms with Gasteiger partial charge < -0.3 is 28.5 Å². The number of fused-ring (bicyclic) bond motifs is 2. The van der Waals surface area contributed by atoms with E-state index < -0.39 is 43.8 Å². The van der Waals surface area contributed by atoms with Crippen LogP contribution in [-0.4, -0.2) is 73.6 Å². The molecule has 6 atom stereocenters. The van der Waals surface area contributed by atoms with E-state index in [0.29, 0.717) is 40.5 Å². The Morgan fingerprint density at radius 2 is 1.96 bits per heavy atom. The summed E-state index contributed by atoms with van der Waals surface area (Å²) in [5.41, 5.74) is 0.140. The summed E-state index contributed by atoms with van der Waals surface area (Å²) in [5.74, 6) is -1.86. The lowest BCUT2D eigenvalue weighted by atomic mass is 9.82. The van der Waals surface area contributed by atoms with Gasteiger partial charge in [0.1, 0.15) is 0 Å². The Bertz CT molecular complexity index is 1590. The molecule has 0 radical (unpaired) electrons. The van der Waals surface area contributed by atoms with E-state index in [4.69, 9.17) is 21.1 Å². The van der Waals surface area contributed by atoms with Gasteiger partial charge in [-0.1, -0.05) is 30.7 Å². The maximum atomic E-state index is 16.2. The lowest BCUT2D eigenvalue weighted by Gasteiger charge is -2.39. The zero-order chi connectivity index (χ0) is 33.1. The molecule has 3 saturated heterocycles. The Hall–Kier alpha value is -3.32. The molecule has 1 N–H and O–H groups in total. The van der Waals surface area contributed by atoms with E-state index in [2.05, 4.69) is 0 Å². The van der Waals surface area contributed by atoms with Crippen LogP contribution in [-0.2, 0) is 40.8 Å². The van der Waals surface area contributed by atoms with Crippen molar-refractivity contribution >= 4 is 55.1 Å². The average Bonchev–Trinajstić information content (AvgIpc) is 3.63. The molecule has 0 aromatic heterocycles. The number of carbonyl (C=O) groups excluding carboxylic acids is 4. The Kier molecular flexibility index (Phi) is 8.54. The van der Waals surface area contributed by atoms with Gasteiger partial charge in [0.25, 0.3) is 5.91 Å². The van der Waals surface area contributed by atoms with Crippen molar-refractivity contribution in [3.63, 3.8) is 0 Å². The van der Waals surface area contributed by atoms with E-state index in [1.165, 1.54) is 11.8 Å². The molecule has 0 saturated carbocycles. The highest BCUT2D eigenvalue weighted by atomic mass is 35.5. The van der Waals surface area contributed by atoms with E-state index in [1.807, 2.05) is 13.0 Å². The molecule has 3 fully saturated rings. The van der Waals surface area contributed by atoms with Crippen LogP contribution in [0.2, 0.25) is 23.7 Å². The third-order valence-electron chi connectivity index (χ3n) is 9.94. The molecule has 4 aliphatic rings. The van der Waals surface area contributed by atoms with Gasteiger partial charge >= 0.3 is 5.97 Å². The monoisotopic (exact) mass is 671 g/mol. The molecular weight excluding hydrogens is 633 g/mol. The molecule has 246 valence electrons. The van der Waals surface area contributed by atoms with Gasteiger partial charge in [-0.15, -0.1) is 0 Å². The number of likely N-dealkylation sites (tertiary alicyclic amines) is 1. The van der Waals surface area contributed by atoms with Gasteiger partial charge in [0, 0.05) is 41.2 Å². The number of hydrogen-bond acceptors (Lipinski definition) is 7. The van der Waals surface area contributed by atoms with Crippen LogP contribution in [0.1, 0.15) is 50.7 Å². The van der Waals surface area contributed by atoms with Crippen LogP contribution in [0.5, 0.6) is 0 Å². The second kappa shape index (κ2) is 12.0. The van der Waals surface area contributed by atoms with E-state index in [0.717, 1.165) is 6.42 Å². The highest BCUT2D eigenvalue weighted by molar-refractivity contribution is 6.72. The molecule has 6 rings (SSSR count). The molecule has 2 aromatic rings. The lowest BCUT2D eigenvalue weighted by molar-refractivity contribution is -0.154. The third kappa shape index (κ3) is 5.42. The van der Waals surface area contributed by atoms with Gasteiger partial charge in [-0.25, -0.2) is 0 Å². The van der Waals surface area contributed by atoms with Crippen LogP contribution in [0.25, 0.3) is 0 Å². The molecule has 2 aromatic carbocycles. The summed E-state index contributed by atoms with van der Waals surface area (Å²) in [6.45, 7) is 6.79. The summed E-state index contributed by atoms with van der Waals surface area (Å²) >= 11 is 6.49. The highest BCUT2D eigenvalue weighted by Gasteiger charge is 2.67. The van der Waals surface area contributed by atoms with Crippen LogP contribution >= 0.6 is 11.6 Å². The topological polar surface area (TPSA) is 117 Å². The van der Waals surface area contributed by atoms with Gasteiger partial charge in [0.15, 0.2) is 11.8 Å². The number of anilines is 2. The Morgan fingerprint density at radius 3 is 2.63 bits per heavy atom. The first-order valence-corrected chi connectivity index (χ1v) is 19.1. The van der Waals surface area contributed by atoms with E-state index in [-0.39, 0.29) is 49.8 Å². The van der Waals surface area contributed by atoms with E-state index in [1.54, 1.807) is 59.3 Å². The smallest absolute Gasteiger partial charge is 0.304 e. The zero-order valence-electron chi connectivity index (χ0n) is 26.4. The second-order valence-corrected chi connectivity index (χ2v) is 17.5. The maximum absolute atomic E-state index is 16.2. The van der Waals surface area contributed by atoms with Crippen molar-refractivity contribution < 1.29 is 37.9 Å². The normalized spacial score (nSPS) is 29.0. The van der Waals surface area contributed by atoms with Gasteiger partial charge in [-0.3, -0.25) is 24.1 Å². The fourth-order valence-corrected chi connectivity index (χ4v) is 10.7. The number of hydrogen-bond donors (Lipinski definition) is 1. The highest BCUT2D eigenvalue weighted by Crippen LogP contribution is 2.60. The predicted octanol–water partition coefficient (Wildman–Crippen LogP) is 4.66. The number of β-lactam (4-membered cyclic amide) rings is 1. The molecule has 46 heavy (non-hydrogen) atoms. The second-order valence-electron chi connectivity index (χ2n) is 13.3. The molecule has 0 bridgehead atoms. The number of amides is 3. The number of rotatable bonds is 8. The molecule has 10 nitrogen and oxygen atoms in total. The number of nitrogens with zero attached hydrogens (tertiary/aromatic N) is 3. The van der Waals surface area contributed by atoms with Gasteiger partial charge in [0.2, 0.25) is 20.2 Å². The summed E-state index contributed by atoms with van der Waals surface area (Å²) in [4.78, 5) is 56.8. The summed E-state index contributed by atoms with van der Waals surface area (Å²) in [6.07, 6.45) is -0.0388. The predicted molar refractivity (Wildman–Crippen MR) is 171 cm³/mol. The summed E-state index contributed by atoms with van der Waals surface area (Å²) < 4.78 is 28.2. The Morgan fingerprint density at radius 1 is 1.20 bits per heavy atom. The number of carbonyl (C=O) groups is 4. The third-order valence-corrected chi connectivity index (χ3v) is 12.6. The van der Waals surface area contributed by atoms with Crippen LogP contribution in [0.4, 0.5) is 15.5 Å². The summed E-state index contributed by atoms with van der Waals surface area (Å²) in [5, 5.41) is 10.2. The molecule has 4 heterocycles. The van der Waals surface area contributed by atoms with Gasteiger partial charge in [-0.05, 0) is 61.8 Å². The number of benzene rings is 2. The van der Waals surface area contributed by atoms with Crippen molar-refractivity contribution in [2.24, 2.45) is 5.92 Å². The van der Waals surface area contributed by atoms with Crippen LogP contribution in [0.15, 0.2) is 42.5 Å². The average molecular weight is 672 g/mol. The van der Waals surface area contributed by atoms with Crippen molar-refractivity contribution in [1.29, 1.82) is 0 Å². The van der Waals surface area contributed by atoms with Crippen molar-refractivity contribution in [3.05, 3.63) is 58.6 Å². The van der Waals surface area contributed by atoms with Crippen molar-refractivity contribution in [1.82, 2.24) is 4.90 Å². The Balaban J connectivity index is 1.33. The molecule has 0 aliphatic carbocycles. The first kappa shape index (κ1) is 32.6. The fourth-order valence-electron chi connectivity index (χ4n) is 7.99. The first-order valence-electron chi connectivity index (χ1n) is 15.7. The summed E-state index contributed by atoms with van der Waals surface area (Å²) in [7, 11) is -3.50. The van der Waals surface area contributed by atoms with Gasteiger partial charge in [0.05, 0.1) is 43.8 Å².